The molecule has 2 aromatic rings. The van der Waals surface area contributed by atoms with Gasteiger partial charge in [0.25, 0.3) is 0 Å². The Morgan fingerprint density at radius 1 is 1.00 bits per heavy atom. The summed E-state index contributed by atoms with van der Waals surface area (Å²) in [5.41, 5.74) is 4.57. The third-order valence-electron chi connectivity index (χ3n) is 2.87. The molecule has 0 radical (unpaired) electrons. The van der Waals surface area contributed by atoms with Crippen LogP contribution in [0.3, 0.4) is 0 Å². The Morgan fingerprint density at radius 2 is 1.65 bits per heavy atom. The third kappa shape index (κ3) is 2.72. The van der Waals surface area contributed by atoms with E-state index in [0.717, 1.165) is 24.1 Å². The largest absolute Gasteiger partial charge is 0.328 e. The van der Waals surface area contributed by atoms with E-state index in [9.17, 15) is 4.79 Å². The lowest BCUT2D eigenvalue weighted by Crippen LogP contribution is -2.00. The molecule has 0 atom stereocenters. The molecule has 0 aliphatic heterocycles. The maximum atomic E-state index is 10.5. The van der Waals surface area contributed by atoms with E-state index < -0.39 is 0 Å². The van der Waals surface area contributed by atoms with Crippen molar-refractivity contribution >= 4 is 12.1 Å². The first kappa shape index (κ1) is 11.4. The molecule has 0 saturated carbocycles. The summed E-state index contributed by atoms with van der Waals surface area (Å²) >= 11 is 0. The van der Waals surface area contributed by atoms with Crippen LogP contribution in [0.2, 0.25) is 0 Å². The van der Waals surface area contributed by atoms with E-state index in [1.165, 1.54) is 11.1 Å². The lowest BCUT2D eigenvalue weighted by molar-refractivity contribution is -0.105. The Hall–Kier alpha value is -2.09. The molecular weight excluding hydrogens is 210 g/mol. The number of anilines is 1. The summed E-state index contributed by atoms with van der Waals surface area (Å²) in [4.78, 5) is 10.5. The smallest absolute Gasteiger partial charge is 0.211 e. The molecule has 0 aromatic heterocycles. The predicted molar refractivity (Wildman–Crippen MR) is 70.1 cm³/mol. The second-order valence-electron chi connectivity index (χ2n) is 4.02. The van der Waals surface area contributed by atoms with Crippen LogP contribution in [0.5, 0.6) is 0 Å². The molecule has 2 heteroatoms. The summed E-state index contributed by atoms with van der Waals surface area (Å²) in [7, 11) is 0. The zero-order chi connectivity index (χ0) is 12.1. The molecule has 0 aliphatic rings. The van der Waals surface area contributed by atoms with Crippen LogP contribution < -0.4 is 5.32 Å². The standard InChI is InChI=1S/C15H15NO/c1-12-6-2-3-7-13(12)10-14-8-4-5-9-15(14)16-11-17/h2-9,11H,10H2,1H3,(H,16,17). The minimum atomic E-state index is 0.719. The quantitative estimate of drug-likeness (QED) is 0.796. The summed E-state index contributed by atoms with van der Waals surface area (Å²) in [6.45, 7) is 2.10. The summed E-state index contributed by atoms with van der Waals surface area (Å²) in [5, 5.41) is 2.74. The second kappa shape index (κ2) is 5.30. The Bertz CT molecular complexity index is 520. The van der Waals surface area contributed by atoms with Gasteiger partial charge in [-0.25, -0.2) is 0 Å². The topological polar surface area (TPSA) is 29.1 Å². The molecule has 0 spiro atoms. The van der Waals surface area contributed by atoms with Crippen molar-refractivity contribution in [2.24, 2.45) is 0 Å². The van der Waals surface area contributed by atoms with E-state index in [-0.39, 0.29) is 0 Å². The number of carbonyl (C=O) groups is 1. The molecule has 0 heterocycles. The lowest BCUT2D eigenvalue weighted by Gasteiger charge is -2.09. The summed E-state index contributed by atoms with van der Waals surface area (Å²) < 4.78 is 0. The average Bonchev–Trinajstić information content (AvgIpc) is 2.35. The van der Waals surface area contributed by atoms with Crippen LogP contribution in [0.4, 0.5) is 5.69 Å². The number of aryl methyl sites for hydroxylation is 1. The highest BCUT2D eigenvalue weighted by atomic mass is 16.1. The molecule has 2 aromatic carbocycles. The minimum Gasteiger partial charge on any atom is -0.328 e. The first-order chi connectivity index (χ1) is 8.31. The Balaban J connectivity index is 2.30. The monoisotopic (exact) mass is 225 g/mol. The zero-order valence-electron chi connectivity index (χ0n) is 9.81. The van der Waals surface area contributed by atoms with Crippen LogP contribution in [0, 0.1) is 6.92 Å². The molecular formula is C15H15NO. The maximum Gasteiger partial charge on any atom is 0.211 e. The number of amides is 1. The van der Waals surface area contributed by atoms with Crippen LogP contribution in [0.25, 0.3) is 0 Å². The van der Waals surface area contributed by atoms with Crippen molar-refractivity contribution in [1.29, 1.82) is 0 Å². The van der Waals surface area contributed by atoms with Crippen molar-refractivity contribution in [3.63, 3.8) is 0 Å². The normalized spacial score (nSPS) is 9.94. The van der Waals surface area contributed by atoms with E-state index in [1.54, 1.807) is 0 Å². The molecule has 1 N–H and O–H groups in total. The Kier molecular flexibility index (Phi) is 3.55. The number of hydrogen-bond donors (Lipinski definition) is 1. The van der Waals surface area contributed by atoms with Gasteiger partial charge in [-0.1, -0.05) is 42.5 Å². The second-order valence-corrected chi connectivity index (χ2v) is 4.02. The van der Waals surface area contributed by atoms with Gasteiger partial charge < -0.3 is 5.32 Å². The SMILES string of the molecule is Cc1ccccc1Cc1ccccc1NC=O. The number of nitrogens with one attached hydrogen (secondary N) is 1. The maximum absolute atomic E-state index is 10.5. The number of benzene rings is 2. The Morgan fingerprint density at radius 3 is 2.35 bits per heavy atom. The lowest BCUT2D eigenvalue weighted by atomic mass is 9.99. The molecule has 0 bridgehead atoms. The van der Waals surface area contributed by atoms with Crippen molar-refractivity contribution < 1.29 is 4.79 Å². The van der Waals surface area contributed by atoms with Gasteiger partial charge in [-0.2, -0.15) is 0 Å². The first-order valence-corrected chi connectivity index (χ1v) is 5.64. The van der Waals surface area contributed by atoms with Crippen molar-refractivity contribution in [2.45, 2.75) is 13.3 Å². The molecule has 0 unspecified atom stereocenters. The van der Waals surface area contributed by atoms with Gasteiger partial charge in [0.15, 0.2) is 0 Å². The predicted octanol–water partition coefficient (Wildman–Crippen LogP) is 3.15. The van der Waals surface area contributed by atoms with Crippen molar-refractivity contribution in [1.82, 2.24) is 0 Å². The molecule has 0 saturated heterocycles. The fourth-order valence-electron chi connectivity index (χ4n) is 1.89. The van der Waals surface area contributed by atoms with Gasteiger partial charge in [-0.15, -0.1) is 0 Å². The zero-order valence-corrected chi connectivity index (χ0v) is 9.81. The van der Waals surface area contributed by atoms with Crippen molar-refractivity contribution in [3.8, 4) is 0 Å². The molecule has 1 amide bonds. The van der Waals surface area contributed by atoms with Crippen LogP contribution >= 0.6 is 0 Å². The fraction of sp³-hybridized carbons (Fsp3) is 0.133. The van der Waals surface area contributed by atoms with Crippen molar-refractivity contribution in [3.05, 3.63) is 65.2 Å². The van der Waals surface area contributed by atoms with Gasteiger partial charge in [0.1, 0.15) is 0 Å². The van der Waals surface area contributed by atoms with Crippen LogP contribution in [0.1, 0.15) is 16.7 Å². The third-order valence-corrected chi connectivity index (χ3v) is 2.87. The molecule has 0 aliphatic carbocycles. The van der Waals surface area contributed by atoms with Crippen LogP contribution in [-0.4, -0.2) is 6.41 Å². The molecule has 0 fully saturated rings. The van der Waals surface area contributed by atoms with E-state index >= 15 is 0 Å². The fourth-order valence-corrected chi connectivity index (χ4v) is 1.89. The molecule has 2 nitrogen and oxygen atoms in total. The molecule has 86 valence electrons. The molecule has 17 heavy (non-hydrogen) atoms. The highest BCUT2D eigenvalue weighted by Crippen LogP contribution is 2.20. The summed E-state index contributed by atoms with van der Waals surface area (Å²) in [5.74, 6) is 0. The highest BCUT2D eigenvalue weighted by Gasteiger charge is 2.03. The van der Waals surface area contributed by atoms with Gasteiger partial charge in [-0.05, 0) is 36.1 Å². The van der Waals surface area contributed by atoms with Gasteiger partial charge in [0, 0.05) is 5.69 Å². The first-order valence-electron chi connectivity index (χ1n) is 5.64. The van der Waals surface area contributed by atoms with Crippen LogP contribution in [0.15, 0.2) is 48.5 Å². The van der Waals surface area contributed by atoms with Gasteiger partial charge in [0.05, 0.1) is 0 Å². The van der Waals surface area contributed by atoms with Gasteiger partial charge >= 0.3 is 0 Å². The number of para-hydroxylation sites is 1. The van der Waals surface area contributed by atoms with Gasteiger partial charge in [0.2, 0.25) is 6.41 Å². The van der Waals surface area contributed by atoms with E-state index in [1.807, 2.05) is 36.4 Å². The van der Waals surface area contributed by atoms with E-state index in [2.05, 4.69) is 24.4 Å². The van der Waals surface area contributed by atoms with E-state index in [0.29, 0.717) is 0 Å². The van der Waals surface area contributed by atoms with E-state index in [4.69, 9.17) is 0 Å². The number of carbonyl (C=O) groups excluding carboxylic acids is 1. The Labute approximate surface area is 101 Å². The van der Waals surface area contributed by atoms with Crippen molar-refractivity contribution in [2.75, 3.05) is 5.32 Å². The van der Waals surface area contributed by atoms with Gasteiger partial charge in [-0.3, -0.25) is 4.79 Å². The number of rotatable bonds is 4. The number of hydrogen-bond acceptors (Lipinski definition) is 1. The summed E-state index contributed by atoms with van der Waals surface area (Å²) in [6.07, 6.45) is 1.56. The highest BCUT2D eigenvalue weighted by molar-refractivity contribution is 5.73. The minimum absolute atomic E-state index is 0.719. The van der Waals surface area contributed by atoms with Crippen LogP contribution in [-0.2, 0) is 11.2 Å². The average molecular weight is 225 g/mol. The molecule has 2 rings (SSSR count). The summed E-state index contributed by atoms with van der Waals surface area (Å²) in [6, 6.07) is 16.2.